The van der Waals surface area contributed by atoms with E-state index in [2.05, 4.69) is 39.0 Å². The zero-order chi connectivity index (χ0) is 18.2. The van der Waals surface area contributed by atoms with E-state index in [1.54, 1.807) is 6.26 Å². The quantitative estimate of drug-likeness (QED) is 0.611. The molecule has 2 saturated heterocycles. The monoisotopic (exact) mass is 362 g/mol. The molecule has 0 unspecified atom stereocenters. The third-order valence-electron chi connectivity index (χ3n) is 5.44. The highest BCUT2D eigenvalue weighted by Gasteiger charge is 2.20. The van der Waals surface area contributed by atoms with Crippen LogP contribution in [0.3, 0.4) is 0 Å². The molecule has 0 radical (unpaired) electrons. The highest BCUT2D eigenvalue weighted by Crippen LogP contribution is 2.15. The van der Waals surface area contributed by atoms with Crippen LogP contribution in [0, 0.1) is 5.92 Å². The van der Waals surface area contributed by atoms with Crippen molar-refractivity contribution < 1.29 is 4.52 Å². The van der Waals surface area contributed by atoms with Crippen LogP contribution in [0.1, 0.15) is 32.4 Å². The molecule has 2 fully saturated rings. The number of aliphatic imine (C=N–C) groups is 1. The molecular weight excluding hydrogens is 328 g/mol. The molecule has 1 N–H and O–H groups in total. The summed E-state index contributed by atoms with van der Waals surface area (Å²) in [7, 11) is 0. The maximum Gasteiger partial charge on any atom is 0.194 e. The van der Waals surface area contributed by atoms with Gasteiger partial charge in [0.15, 0.2) is 5.96 Å². The second-order valence-electron chi connectivity index (χ2n) is 7.51. The van der Waals surface area contributed by atoms with Gasteiger partial charge in [0.1, 0.15) is 6.26 Å². The second kappa shape index (κ2) is 9.92. The molecule has 3 rings (SSSR count). The van der Waals surface area contributed by atoms with Crippen LogP contribution in [-0.2, 0) is 6.54 Å². The highest BCUT2D eigenvalue weighted by molar-refractivity contribution is 5.80. The number of hydrogen-bond donors (Lipinski definition) is 1. The summed E-state index contributed by atoms with van der Waals surface area (Å²) < 4.78 is 4.93. The number of guanidine groups is 1. The average molecular weight is 363 g/mol. The lowest BCUT2D eigenvalue weighted by atomic mass is 9.99. The molecule has 0 aromatic carbocycles. The van der Waals surface area contributed by atoms with Gasteiger partial charge >= 0.3 is 0 Å². The smallest absolute Gasteiger partial charge is 0.194 e. The Morgan fingerprint density at radius 2 is 1.96 bits per heavy atom. The van der Waals surface area contributed by atoms with Crippen molar-refractivity contribution in [1.29, 1.82) is 0 Å². The average Bonchev–Trinajstić information content (AvgIpc) is 3.16. The van der Waals surface area contributed by atoms with E-state index >= 15 is 0 Å². The van der Waals surface area contributed by atoms with E-state index in [4.69, 9.17) is 9.52 Å². The van der Waals surface area contributed by atoms with Gasteiger partial charge in [-0.2, -0.15) is 0 Å². The fraction of sp³-hybridized carbons (Fsp3) is 0.789. The van der Waals surface area contributed by atoms with Gasteiger partial charge in [-0.05, 0) is 38.8 Å². The Bertz CT molecular complexity index is 530. The third kappa shape index (κ3) is 5.71. The van der Waals surface area contributed by atoms with Crippen molar-refractivity contribution in [3.05, 3.63) is 18.0 Å². The summed E-state index contributed by atoms with van der Waals surface area (Å²) in [6.45, 7) is 14.8. The van der Waals surface area contributed by atoms with E-state index < -0.39 is 0 Å². The van der Waals surface area contributed by atoms with Crippen LogP contribution < -0.4 is 5.32 Å². The van der Waals surface area contributed by atoms with Gasteiger partial charge in [-0.1, -0.05) is 12.1 Å². The molecule has 0 saturated carbocycles. The molecule has 0 atom stereocenters. The Hall–Kier alpha value is -1.60. The maximum atomic E-state index is 4.93. The van der Waals surface area contributed by atoms with Crippen LogP contribution in [0.5, 0.6) is 0 Å². The molecule has 2 aliphatic rings. The lowest BCUT2D eigenvalue weighted by Gasteiger charge is -2.36. The first-order chi connectivity index (χ1) is 12.7. The Labute approximate surface area is 157 Å². The standard InChI is InChI=1S/C19H34N6O/c1-3-20-19(21-7-10-23-8-4-17(2)5-9-23)25-13-11-24(12-14-25)16-18-6-15-26-22-18/h6,15,17H,3-5,7-14,16H2,1-2H3,(H,20,21). The van der Waals surface area contributed by atoms with Crippen LogP contribution in [0.2, 0.25) is 0 Å². The van der Waals surface area contributed by atoms with Crippen molar-refractivity contribution >= 4 is 5.96 Å². The fourth-order valence-electron chi connectivity index (χ4n) is 3.67. The first-order valence-corrected chi connectivity index (χ1v) is 10.1. The van der Waals surface area contributed by atoms with E-state index in [0.29, 0.717) is 0 Å². The van der Waals surface area contributed by atoms with Crippen molar-refractivity contribution in [2.24, 2.45) is 10.9 Å². The molecule has 7 nitrogen and oxygen atoms in total. The molecule has 7 heteroatoms. The van der Waals surface area contributed by atoms with Crippen molar-refractivity contribution in [2.45, 2.75) is 33.2 Å². The molecule has 0 bridgehead atoms. The highest BCUT2D eigenvalue weighted by atomic mass is 16.5. The fourth-order valence-corrected chi connectivity index (χ4v) is 3.67. The molecule has 1 aromatic heterocycles. The van der Waals surface area contributed by atoms with Crippen molar-refractivity contribution in [2.75, 3.05) is 58.9 Å². The Balaban J connectivity index is 1.43. The lowest BCUT2D eigenvalue weighted by molar-refractivity contribution is 0.168. The van der Waals surface area contributed by atoms with Crippen molar-refractivity contribution in [1.82, 2.24) is 25.2 Å². The number of likely N-dealkylation sites (tertiary alicyclic amines) is 1. The predicted octanol–water partition coefficient (Wildman–Crippen LogP) is 1.49. The molecule has 3 heterocycles. The third-order valence-corrected chi connectivity index (χ3v) is 5.44. The van der Waals surface area contributed by atoms with E-state index in [-0.39, 0.29) is 0 Å². The minimum absolute atomic E-state index is 0.866. The maximum absolute atomic E-state index is 4.93. The molecule has 2 aliphatic heterocycles. The zero-order valence-corrected chi connectivity index (χ0v) is 16.4. The Morgan fingerprint density at radius 1 is 1.19 bits per heavy atom. The van der Waals surface area contributed by atoms with E-state index in [1.807, 2.05) is 6.07 Å². The van der Waals surface area contributed by atoms with Gasteiger partial charge < -0.3 is 19.6 Å². The number of nitrogens with one attached hydrogen (secondary N) is 1. The Kier molecular flexibility index (Phi) is 7.32. The predicted molar refractivity (Wildman–Crippen MR) is 104 cm³/mol. The summed E-state index contributed by atoms with van der Waals surface area (Å²) in [6.07, 6.45) is 4.30. The van der Waals surface area contributed by atoms with Gasteiger partial charge in [-0.3, -0.25) is 9.89 Å². The second-order valence-corrected chi connectivity index (χ2v) is 7.51. The zero-order valence-electron chi connectivity index (χ0n) is 16.4. The summed E-state index contributed by atoms with van der Waals surface area (Å²) in [5, 5.41) is 7.48. The van der Waals surface area contributed by atoms with E-state index in [0.717, 1.165) is 69.9 Å². The van der Waals surface area contributed by atoms with Crippen molar-refractivity contribution in [3.8, 4) is 0 Å². The molecule has 0 amide bonds. The number of piperidine rings is 1. The van der Waals surface area contributed by atoms with Gasteiger partial charge in [0.25, 0.3) is 0 Å². The van der Waals surface area contributed by atoms with Gasteiger partial charge in [0.05, 0.1) is 12.2 Å². The van der Waals surface area contributed by atoms with E-state index in [9.17, 15) is 0 Å². The van der Waals surface area contributed by atoms with Crippen LogP contribution in [0.25, 0.3) is 0 Å². The van der Waals surface area contributed by atoms with Crippen LogP contribution in [0.15, 0.2) is 21.8 Å². The molecule has 0 aliphatic carbocycles. The summed E-state index contributed by atoms with van der Waals surface area (Å²) in [6, 6.07) is 1.94. The van der Waals surface area contributed by atoms with Crippen LogP contribution in [0.4, 0.5) is 0 Å². The summed E-state index contributed by atoms with van der Waals surface area (Å²) in [4.78, 5) is 12.3. The van der Waals surface area contributed by atoms with Crippen LogP contribution >= 0.6 is 0 Å². The normalized spacial score (nSPS) is 21.3. The number of aromatic nitrogens is 1. The summed E-state index contributed by atoms with van der Waals surface area (Å²) in [5.74, 6) is 1.96. The number of rotatable bonds is 6. The first-order valence-electron chi connectivity index (χ1n) is 10.1. The molecule has 0 spiro atoms. The van der Waals surface area contributed by atoms with Crippen LogP contribution in [-0.4, -0.2) is 84.7 Å². The lowest BCUT2D eigenvalue weighted by Crippen LogP contribution is -2.52. The minimum atomic E-state index is 0.866. The Morgan fingerprint density at radius 3 is 2.62 bits per heavy atom. The largest absolute Gasteiger partial charge is 0.364 e. The van der Waals surface area contributed by atoms with Gasteiger partial charge in [-0.25, -0.2) is 0 Å². The van der Waals surface area contributed by atoms with Crippen molar-refractivity contribution in [3.63, 3.8) is 0 Å². The number of nitrogens with zero attached hydrogens (tertiary/aromatic N) is 5. The van der Waals surface area contributed by atoms with E-state index in [1.165, 1.54) is 25.9 Å². The first kappa shape index (κ1) is 19.2. The minimum Gasteiger partial charge on any atom is -0.364 e. The van der Waals surface area contributed by atoms with Gasteiger partial charge in [0.2, 0.25) is 0 Å². The summed E-state index contributed by atoms with van der Waals surface area (Å²) >= 11 is 0. The number of piperazine rings is 1. The SMILES string of the molecule is CCNC(=NCCN1CCC(C)CC1)N1CCN(Cc2ccon2)CC1. The van der Waals surface area contributed by atoms with Gasteiger partial charge in [-0.15, -0.1) is 0 Å². The molecule has 26 heavy (non-hydrogen) atoms. The molecule has 146 valence electrons. The van der Waals surface area contributed by atoms with Gasteiger partial charge in [0, 0.05) is 51.9 Å². The summed E-state index contributed by atoms with van der Waals surface area (Å²) in [5.41, 5.74) is 1.01. The molecular formula is C19H34N6O. The topological polar surface area (TPSA) is 60.1 Å². The number of hydrogen-bond acceptors (Lipinski definition) is 5. The molecule has 1 aromatic rings.